The molecule has 6 nitrogen and oxygen atoms in total. The van der Waals surface area contributed by atoms with Crippen LogP contribution in [-0.2, 0) is 17.2 Å². The summed E-state index contributed by atoms with van der Waals surface area (Å²) in [6.07, 6.45) is 1.64. The number of ether oxygens (including phenoxy) is 1. The van der Waals surface area contributed by atoms with Crippen molar-refractivity contribution >= 4 is 28.5 Å². The number of aromatic nitrogens is 3. The Balaban J connectivity index is 1.52. The highest BCUT2D eigenvalue weighted by Gasteiger charge is 2.35. The maximum absolute atomic E-state index is 13.7. The fourth-order valence-corrected chi connectivity index (χ4v) is 5.06. The van der Waals surface area contributed by atoms with Crippen molar-refractivity contribution in [2.45, 2.75) is 25.2 Å². The second kappa shape index (κ2) is 9.20. The first-order valence-electron chi connectivity index (χ1n) is 11.5. The molecule has 7 heteroatoms. The molecule has 34 heavy (non-hydrogen) atoms. The van der Waals surface area contributed by atoms with Crippen LogP contribution >= 0.6 is 11.6 Å². The van der Waals surface area contributed by atoms with E-state index in [1.165, 1.54) is 0 Å². The van der Waals surface area contributed by atoms with E-state index in [0.29, 0.717) is 36.0 Å². The molecule has 1 aliphatic rings. The number of nitrogens with one attached hydrogen (secondary N) is 1. The highest BCUT2D eigenvalue weighted by Crippen LogP contribution is 2.36. The van der Waals surface area contributed by atoms with E-state index < -0.39 is 0 Å². The van der Waals surface area contributed by atoms with Crippen LogP contribution in [0, 0.1) is 6.92 Å². The zero-order valence-electron chi connectivity index (χ0n) is 19.3. The summed E-state index contributed by atoms with van der Waals surface area (Å²) in [4.78, 5) is 18.5. The van der Waals surface area contributed by atoms with E-state index in [9.17, 15) is 4.79 Å². The standard InChI is InChI=1S/C27H27ClN4O2/c1-18-24-22(16-23(19-7-4-3-5-8-19)30-25(24)32(2)31-18)26(33)29-17-27(11-13-34-14-12-27)20-9-6-10-21(28)15-20/h3-10,15-16H,11-14,17H2,1-2H3,(H,29,33). The van der Waals surface area contributed by atoms with Crippen LogP contribution in [0.5, 0.6) is 0 Å². The van der Waals surface area contributed by atoms with Crippen LogP contribution in [-0.4, -0.2) is 40.4 Å². The number of rotatable bonds is 5. The van der Waals surface area contributed by atoms with Gasteiger partial charge in [0.15, 0.2) is 5.65 Å². The third kappa shape index (κ3) is 4.19. The Bertz CT molecular complexity index is 1340. The molecule has 0 aliphatic carbocycles. The van der Waals surface area contributed by atoms with Gasteiger partial charge in [0.25, 0.3) is 5.91 Å². The number of fused-ring (bicyclic) bond motifs is 1. The first-order valence-corrected chi connectivity index (χ1v) is 11.9. The molecule has 5 rings (SSSR count). The summed E-state index contributed by atoms with van der Waals surface area (Å²) in [5.74, 6) is -0.131. The Labute approximate surface area is 203 Å². The highest BCUT2D eigenvalue weighted by molar-refractivity contribution is 6.30. The fourth-order valence-electron chi connectivity index (χ4n) is 4.87. The molecule has 0 spiro atoms. The Morgan fingerprint density at radius 3 is 2.62 bits per heavy atom. The largest absolute Gasteiger partial charge is 0.381 e. The molecule has 1 aliphatic heterocycles. The summed E-state index contributed by atoms with van der Waals surface area (Å²) < 4.78 is 7.38. The number of halogens is 1. The Hall–Kier alpha value is -3.22. The molecule has 174 valence electrons. The smallest absolute Gasteiger partial charge is 0.252 e. The normalized spacial score (nSPS) is 15.4. The fraction of sp³-hybridized carbons (Fsp3) is 0.296. The second-order valence-electron chi connectivity index (χ2n) is 8.91. The Morgan fingerprint density at radius 1 is 1.12 bits per heavy atom. The molecule has 1 amide bonds. The molecule has 0 radical (unpaired) electrons. The van der Waals surface area contributed by atoms with Crippen LogP contribution < -0.4 is 5.32 Å². The van der Waals surface area contributed by atoms with Crippen molar-refractivity contribution in [1.29, 1.82) is 0 Å². The molecule has 4 aromatic rings. The lowest BCUT2D eigenvalue weighted by Crippen LogP contribution is -2.44. The topological polar surface area (TPSA) is 69.0 Å². The van der Waals surface area contributed by atoms with Gasteiger partial charge in [0.1, 0.15) is 0 Å². The third-order valence-corrected chi connectivity index (χ3v) is 6.99. The molecule has 3 heterocycles. The highest BCUT2D eigenvalue weighted by atomic mass is 35.5. The zero-order chi connectivity index (χ0) is 23.7. The first kappa shape index (κ1) is 22.6. The summed E-state index contributed by atoms with van der Waals surface area (Å²) in [6.45, 7) is 3.72. The van der Waals surface area contributed by atoms with Gasteiger partial charge in [0.2, 0.25) is 0 Å². The monoisotopic (exact) mass is 474 g/mol. The van der Waals surface area contributed by atoms with Crippen molar-refractivity contribution in [1.82, 2.24) is 20.1 Å². The molecular weight excluding hydrogens is 448 g/mol. The van der Waals surface area contributed by atoms with Gasteiger partial charge in [-0.1, -0.05) is 54.1 Å². The van der Waals surface area contributed by atoms with Gasteiger partial charge < -0.3 is 10.1 Å². The lowest BCUT2D eigenvalue weighted by Gasteiger charge is -2.38. The number of benzene rings is 2. The quantitative estimate of drug-likeness (QED) is 0.438. The predicted molar refractivity (Wildman–Crippen MR) is 134 cm³/mol. The Kier molecular flexibility index (Phi) is 6.11. The van der Waals surface area contributed by atoms with Gasteiger partial charge in [-0.3, -0.25) is 9.48 Å². The van der Waals surface area contributed by atoms with Gasteiger partial charge >= 0.3 is 0 Å². The molecule has 0 unspecified atom stereocenters. The lowest BCUT2D eigenvalue weighted by molar-refractivity contribution is 0.0487. The van der Waals surface area contributed by atoms with E-state index in [1.807, 2.05) is 68.6 Å². The van der Waals surface area contributed by atoms with Gasteiger partial charge in [-0.05, 0) is 43.5 Å². The minimum absolute atomic E-state index is 0.131. The van der Waals surface area contributed by atoms with E-state index in [4.69, 9.17) is 21.3 Å². The molecule has 0 bridgehead atoms. The van der Waals surface area contributed by atoms with Crippen molar-refractivity contribution in [3.05, 3.63) is 82.5 Å². The minimum Gasteiger partial charge on any atom is -0.381 e. The summed E-state index contributed by atoms with van der Waals surface area (Å²) in [7, 11) is 1.86. The van der Waals surface area contributed by atoms with Crippen molar-refractivity contribution < 1.29 is 9.53 Å². The van der Waals surface area contributed by atoms with E-state index in [2.05, 4.69) is 16.5 Å². The van der Waals surface area contributed by atoms with Gasteiger partial charge in [0, 0.05) is 42.8 Å². The number of aryl methyl sites for hydroxylation is 2. The SMILES string of the molecule is Cc1nn(C)c2nc(-c3ccccc3)cc(C(=O)NCC3(c4cccc(Cl)c4)CCOCC3)c12. The van der Waals surface area contributed by atoms with Crippen molar-refractivity contribution in [2.75, 3.05) is 19.8 Å². The average Bonchev–Trinajstić information content (AvgIpc) is 3.16. The number of carbonyl (C=O) groups excluding carboxylic acids is 1. The van der Waals surface area contributed by atoms with Gasteiger partial charge in [0.05, 0.1) is 22.3 Å². The summed E-state index contributed by atoms with van der Waals surface area (Å²) in [5.41, 5.74) is 4.67. The van der Waals surface area contributed by atoms with Gasteiger partial charge in [-0.2, -0.15) is 5.10 Å². The van der Waals surface area contributed by atoms with Crippen LogP contribution in [0.1, 0.15) is 34.5 Å². The molecule has 0 atom stereocenters. The first-order chi connectivity index (χ1) is 16.5. The van der Waals surface area contributed by atoms with E-state index >= 15 is 0 Å². The van der Waals surface area contributed by atoms with Crippen LogP contribution in [0.25, 0.3) is 22.3 Å². The molecule has 1 fully saturated rings. The number of amides is 1. The van der Waals surface area contributed by atoms with Crippen LogP contribution in [0.2, 0.25) is 5.02 Å². The average molecular weight is 475 g/mol. The third-order valence-electron chi connectivity index (χ3n) is 6.76. The maximum Gasteiger partial charge on any atom is 0.252 e. The zero-order valence-corrected chi connectivity index (χ0v) is 20.1. The predicted octanol–water partition coefficient (Wildman–Crippen LogP) is 5.08. The summed E-state index contributed by atoms with van der Waals surface area (Å²) in [5, 5.41) is 9.24. The van der Waals surface area contributed by atoms with Crippen LogP contribution in [0.4, 0.5) is 0 Å². The molecule has 1 saturated heterocycles. The van der Waals surface area contributed by atoms with E-state index in [1.54, 1.807) is 4.68 Å². The number of pyridine rings is 1. The summed E-state index contributed by atoms with van der Waals surface area (Å²) in [6, 6.07) is 19.7. The second-order valence-corrected chi connectivity index (χ2v) is 9.35. The number of nitrogens with zero attached hydrogens (tertiary/aromatic N) is 3. The molecular formula is C27H27ClN4O2. The van der Waals surface area contributed by atoms with E-state index in [-0.39, 0.29) is 11.3 Å². The van der Waals surface area contributed by atoms with Gasteiger partial charge in [-0.15, -0.1) is 0 Å². The number of hydrogen-bond acceptors (Lipinski definition) is 4. The Morgan fingerprint density at radius 2 is 1.88 bits per heavy atom. The lowest BCUT2D eigenvalue weighted by atomic mass is 9.74. The number of carbonyl (C=O) groups is 1. The molecule has 2 aromatic carbocycles. The maximum atomic E-state index is 13.7. The molecule has 1 N–H and O–H groups in total. The van der Waals surface area contributed by atoms with Crippen LogP contribution in [0.3, 0.4) is 0 Å². The van der Waals surface area contributed by atoms with Crippen molar-refractivity contribution in [3.8, 4) is 11.3 Å². The minimum atomic E-state index is -0.225. The molecule has 0 saturated carbocycles. The number of hydrogen-bond donors (Lipinski definition) is 1. The van der Waals surface area contributed by atoms with Gasteiger partial charge in [-0.25, -0.2) is 4.98 Å². The van der Waals surface area contributed by atoms with E-state index in [0.717, 1.165) is 40.7 Å². The molecule has 2 aromatic heterocycles. The van der Waals surface area contributed by atoms with Crippen molar-refractivity contribution in [2.24, 2.45) is 7.05 Å². The van der Waals surface area contributed by atoms with Crippen molar-refractivity contribution in [3.63, 3.8) is 0 Å². The summed E-state index contributed by atoms with van der Waals surface area (Å²) >= 11 is 6.31. The van der Waals surface area contributed by atoms with Crippen LogP contribution in [0.15, 0.2) is 60.7 Å².